The summed E-state index contributed by atoms with van der Waals surface area (Å²) < 4.78 is 0. The predicted molar refractivity (Wildman–Crippen MR) is 71.9 cm³/mol. The van der Waals surface area contributed by atoms with Gasteiger partial charge in [-0.2, -0.15) is 15.3 Å². The Hall–Kier alpha value is -1.53. The van der Waals surface area contributed by atoms with Crippen LogP contribution in [0.1, 0.15) is 6.42 Å². The third-order valence-corrected chi connectivity index (χ3v) is 5.41. The van der Waals surface area contributed by atoms with Gasteiger partial charge in [0.15, 0.2) is 0 Å². The minimum atomic E-state index is -0.446. The molecule has 2 heterocycles. The maximum Gasteiger partial charge on any atom is 0.118 e. The molecule has 2 aliphatic heterocycles. The maximum atomic E-state index is 10.6. The number of benzene rings is 1. The summed E-state index contributed by atoms with van der Waals surface area (Å²) in [6.45, 7) is 0. The lowest BCUT2D eigenvalue weighted by atomic mass is 9.49. The number of hydrogen-bond donors (Lipinski definition) is 1. The molecule has 7 heteroatoms. The Balaban J connectivity index is 1.58. The summed E-state index contributed by atoms with van der Waals surface area (Å²) >= 11 is 5.93. The fraction of sp³-hybridized carbons (Fsp3) is 0.538. The number of halogens is 1. The highest BCUT2D eigenvalue weighted by atomic mass is 35.5. The average Bonchev–Trinajstić information content (AvgIpc) is 2.77. The van der Waals surface area contributed by atoms with Crippen LogP contribution in [0.4, 0.5) is 5.69 Å². The van der Waals surface area contributed by atoms with Gasteiger partial charge in [-0.05, 0) is 24.3 Å². The molecule has 6 nitrogen and oxygen atoms in total. The zero-order valence-corrected chi connectivity index (χ0v) is 11.2. The van der Waals surface area contributed by atoms with Crippen molar-refractivity contribution >= 4 is 17.3 Å². The molecular weight excluding hydrogens is 278 g/mol. The molecule has 3 saturated carbocycles. The van der Waals surface area contributed by atoms with Crippen LogP contribution in [0.2, 0.25) is 5.02 Å². The molecule has 20 heavy (non-hydrogen) atoms. The Morgan fingerprint density at radius 3 is 2.70 bits per heavy atom. The van der Waals surface area contributed by atoms with Gasteiger partial charge < -0.3 is 5.11 Å². The van der Waals surface area contributed by atoms with Crippen molar-refractivity contribution in [3.05, 3.63) is 29.3 Å². The van der Waals surface area contributed by atoms with Crippen LogP contribution >= 0.6 is 11.6 Å². The highest BCUT2D eigenvalue weighted by Gasteiger charge is 2.76. The first kappa shape index (κ1) is 11.2. The molecule has 6 rings (SSSR count). The molecule has 3 fully saturated rings. The molecule has 0 aromatic heterocycles. The average molecular weight is 290 g/mol. The normalized spacial score (nSPS) is 46.5. The van der Waals surface area contributed by atoms with E-state index in [4.69, 9.17) is 11.6 Å². The van der Waals surface area contributed by atoms with Crippen LogP contribution < -0.4 is 5.01 Å². The maximum absolute atomic E-state index is 10.6. The van der Waals surface area contributed by atoms with E-state index in [-0.39, 0.29) is 24.0 Å². The van der Waals surface area contributed by atoms with Gasteiger partial charge in [0.05, 0.1) is 17.8 Å². The topological polar surface area (TPSA) is 72.9 Å². The predicted octanol–water partition coefficient (Wildman–Crippen LogP) is 2.23. The third-order valence-electron chi connectivity index (χ3n) is 5.16. The fourth-order valence-corrected chi connectivity index (χ4v) is 4.28. The van der Waals surface area contributed by atoms with Gasteiger partial charge in [0, 0.05) is 17.4 Å². The molecule has 3 aliphatic carbocycles. The summed E-state index contributed by atoms with van der Waals surface area (Å²) in [7, 11) is 0. The molecule has 1 N–H and O–H groups in total. The van der Waals surface area contributed by atoms with Gasteiger partial charge in [-0.1, -0.05) is 16.8 Å². The molecule has 0 radical (unpaired) electrons. The van der Waals surface area contributed by atoms with Crippen LogP contribution in [0, 0.1) is 5.92 Å². The van der Waals surface area contributed by atoms with Gasteiger partial charge in [0.25, 0.3) is 0 Å². The van der Waals surface area contributed by atoms with Crippen molar-refractivity contribution in [2.24, 2.45) is 26.5 Å². The van der Waals surface area contributed by atoms with E-state index < -0.39 is 11.6 Å². The van der Waals surface area contributed by atoms with Gasteiger partial charge in [-0.3, -0.25) is 0 Å². The second kappa shape index (κ2) is 3.38. The molecule has 2 bridgehead atoms. The zero-order valence-electron chi connectivity index (χ0n) is 10.5. The SMILES string of the molecule is OC1C2C3N=NC3CC13C2N=NN3c1ccc(Cl)cc1. The number of azo groups is 1. The van der Waals surface area contributed by atoms with E-state index in [1.54, 1.807) is 0 Å². The summed E-state index contributed by atoms with van der Waals surface area (Å²) in [4.78, 5) is 0. The van der Waals surface area contributed by atoms with E-state index in [0.717, 1.165) is 12.1 Å². The first-order valence-corrected chi connectivity index (χ1v) is 7.14. The van der Waals surface area contributed by atoms with Crippen LogP contribution in [0.5, 0.6) is 0 Å². The second-order valence-corrected chi connectivity index (χ2v) is 6.38. The quantitative estimate of drug-likeness (QED) is 0.861. The van der Waals surface area contributed by atoms with Gasteiger partial charge in [0.2, 0.25) is 0 Å². The van der Waals surface area contributed by atoms with Crippen molar-refractivity contribution in [1.29, 1.82) is 0 Å². The summed E-state index contributed by atoms with van der Waals surface area (Å²) in [5, 5.41) is 30.2. The van der Waals surface area contributed by atoms with Crippen molar-refractivity contribution in [2.75, 3.05) is 5.01 Å². The molecule has 6 atom stereocenters. The molecule has 1 aromatic rings. The Bertz CT molecular complexity index is 647. The summed E-state index contributed by atoms with van der Waals surface area (Å²) in [6, 6.07) is 7.87. The van der Waals surface area contributed by atoms with Crippen LogP contribution in [-0.4, -0.2) is 34.9 Å². The number of nitrogens with zero attached hydrogens (tertiary/aromatic N) is 5. The lowest BCUT2D eigenvalue weighted by Crippen LogP contribution is -2.82. The van der Waals surface area contributed by atoms with Crippen LogP contribution in [0.15, 0.2) is 44.8 Å². The largest absolute Gasteiger partial charge is 0.390 e. The summed E-state index contributed by atoms with van der Waals surface area (Å²) in [5.74, 6) is 0.0762. The molecule has 0 saturated heterocycles. The summed E-state index contributed by atoms with van der Waals surface area (Å²) in [6.07, 6.45) is 0.317. The first-order chi connectivity index (χ1) is 9.72. The van der Waals surface area contributed by atoms with E-state index >= 15 is 0 Å². The van der Waals surface area contributed by atoms with Crippen LogP contribution in [0.3, 0.4) is 0 Å². The molecule has 6 unspecified atom stereocenters. The lowest BCUT2D eigenvalue weighted by Gasteiger charge is -2.64. The van der Waals surface area contributed by atoms with Crippen molar-refractivity contribution in [2.45, 2.75) is 36.2 Å². The van der Waals surface area contributed by atoms with Crippen LogP contribution in [0.25, 0.3) is 0 Å². The van der Waals surface area contributed by atoms with E-state index in [2.05, 4.69) is 20.6 Å². The minimum absolute atomic E-state index is 0.0358. The molecular formula is C13H12ClN5O. The number of aliphatic hydroxyl groups excluding tert-OH is 1. The summed E-state index contributed by atoms with van der Waals surface area (Å²) in [5.41, 5.74) is 0.479. The number of rotatable bonds is 1. The smallest absolute Gasteiger partial charge is 0.118 e. The van der Waals surface area contributed by atoms with Crippen molar-refractivity contribution in [3.8, 4) is 0 Å². The van der Waals surface area contributed by atoms with E-state index in [1.807, 2.05) is 29.3 Å². The number of aliphatic hydroxyl groups is 1. The molecule has 102 valence electrons. The van der Waals surface area contributed by atoms with E-state index in [1.165, 1.54) is 0 Å². The van der Waals surface area contributed by atoms with Crippen molar-refractivity contribution in [1.82, 2.24) is 0 Å². The van der Waals surface area contributed by atoms with Gasteiger partial charge in [0.1, 0.15) is 17.6 Å². The fourth-order valence-electron chi connectivity index (χ4n) is 4.16. The standard InChI is InChI=1S/C13H12ClN5O/c14-6-1-3-7(4-2-6)19-13-5-8-10(16-15-8)9(12(13)20)11(13)17-18-19/h1-4,8-12,20H,5H2. The highest BCUT2D eigenvalue weighted by molar-refractivity contribution is 6.30. The third kappa shape index (κ3) is 1.04. The molecule has 1 aromatic carbocycles. The van der Waals surface area contributed by atoms with Gasteiger partial charge in [-0.25, -0.2) is 5.01 Å². The Kier molecular flexibility index (Phi) is 1.88. The molecule has 5 aliphatic rings. The van der Waals surface area contributed by atoms with Gasteiger partial charge in [-0.15, -0.1) is 0 Å². The van der Waals surface area contributed by atoms with Crippen LogP contribution in [-0.2, 0) is 0 Å². The monoisotopic (exact) mass is 289 g/mol. The Morgan fingerprint density at radius 1 is 1.20 bits per heavy atom. The lowest BCUT2D eigenvalue weighted by molar-refractivity contribution is -0.133. The highest BCUT2D eigenvalue weighted by Crippen LogP contribution is 2.61. The molecule has 0 amide bonds. The number of anilines is 1. The first-order valence-electron chi connectivity index (χ1n) is 6.76. The second-order valence-electron chi connectivity index (χ2n) is 5.94. The van der Waals surface area contributed by atoms with Crippen molar-refractivity contribution in [3.63, 3.8) is 0 Å². The van der Waals surface area contributed by atoms with Crippen molar-refractivity contribution < 1.29 is 5.11 Å². The van der Waals surface area contributed by atoms with Gasteiger partial charge >= 0.3 is 0 Å². The Morgan fingerprint density at radius 2 is 2.00 bits per heavy atom. The van der Waals surface area contributed by atoms with E-state index in [9.17, 15) is 5.11 Å². The van der Waals surface area contributed by atoms with E-state index in [0.29, 0.717) is 5.02 Å². The zero-order chi connectivity index (χ0) is 13.5. The Labute approximate surface area is 120 Å². The molecule has 1 spiro atoms. The number of hydrogen-bond acceptors (Lipinski definition) is 6. The minimum Gasteiger partial charge on any atom is -0.390 e.